The predicted molar refractivity (Wildman–Crippen MR) is 73.5 cm³/mol. The summed E-state index contributed by atoms with van der Waals surface area (Å²) in [6, 6.07) is 4.95. The number of nitrogens with zero attached hydrogens (tertiary/aromatic N) is 1. The van der Waals surface area contributed by atoms with Crippen LogP contribution in [0.4, 0.5) is 4.39 Å². The summed E-state index contributed by atoms with van der Waals surface area (Å²) >= 11 is 0. The molecule has 0 aromatic heterocycles. The molecule has 0 radical (unpaired) electrons. The van der Waals surface area contributed by atoms with Gasteiger partial charge in [0.05, 0.1) is 13.0 Å². The van der Waals surface area contributed by atoms with Gasteiger partial charge >= 0.3 is 5.97 Å². The lowest BCUT2D eigenvalue weighted by atomic mass is 10.0. The zero-order chi connectivity index (χ0) is 15.2. The number of hydrogen-bond donors (Lipinski definition) is 1. The number of carbonyl (C=O) groups excluding carboxylic acids is 1. The summed E-state index contributed by atoms with van der Waals surface area (Å²) in [5.41, 5.74) is 0. The molecule has 1 aliphatic rings. The lowest BCUT2D eigenvalue weighted by Crippen LogP contribution is -2.48. The summed E-state index contributed by atoms with van der Waals surface area (Å²) in [6.45, 7) is 0.570. The number of carboxylic acids is 1. The molecule has 1 N–H and O–H groups in total. The van der Waals surface area contributed by atoms with Crippen LogP contribution in [-0.2, 0) is 9.59 Å². The molecule has 1 heterocycles. The van der Waals surface area contributed by atoms with Gasteiger partial charge in [0.1, 0.15) is 17.6 Å². The van der Waals surface area contributed by atoms with Gasteiger partial charge in [0.2, 0.25) is 5.91 Å². The number of amides is 1. The minimum absolute atomic E-state index is 0.0836. The van der Waals surface area contributed by atoms with Crippen molar-refractivity contribution in [3.8, 4) is 5.75 Å². The number of carboxylic acid groups (broad SMARTS) is 1. The summed E-state index contributed by atoms with van der Waals surface area (Å²) in [7, 11) is 0. The fourth-order valence-electron chi connectivity index (χ4n) is 2.44. The molecule has 6 heteroatoms. The van der Waals surface area contributed by atoms with Gasteiger partial charge < -0.3 is 14.7 Å². The van der Waals surface area contributed by atoms with Crippen molar-refractivity contribution in [2.45, 2.75) is 31.7 Å². The highest BCUT2D eigenvalue weighted by atomic mass is 19.1. The molecule has 21 heavy (non-hydrogen) atoms. The quantitative estimate of drug-likeness (QED) is 0.903. The van der Waals surface area contributed by atoms with Crippen molar-refractivity contribution in [3.05, 3.63) is 30.1 Å². The van der Waals surface area contributed by atoms with E-state index in [4.69, 9.17) is 9.84 Å². The zero-order valence-corrected chi connectivity index (χ0v) is 11.6. The van der Waals surface area contributed by atoms with Gasteiger partial charge in [-0.3, -0.25) is 4.79 Å². The number of rotatable bonds is 5. The van der Waals surface area contributed by atoms with Crippen molar-refractivity contribution < 1.29 is 23.8 Å². The second-order valence-corrected chi connectivity index (χ2v) is 4.99. The minimum Gasteiger partial charge on any atom is -0.493 e. The van der Waals surface area contributed by atoms with E-state index in [1.807, 2.05) is 0 Å². The van der Waals surface area contributed by atoms with Crippen LogP contribution < -0.4 is 4.74 Å². The second kappa shape index (κ2) is 7.06. The average molecular weight is 295 g/mol. The third-order valence-corrected chi connectivity index (χ3v) is 3.49. The molecule has 5 nitrogen and oxygen atoms in total. The van der Waals surface area contributed by atoms with Gasteiger partial charge in [-0.05, 0) is 31.4 Å². The summed E-state index contributed by atoms with van der Waals surface area (Å²) in [6.07, 6.45) is 2.22. The Balaban J connectivity index is 1.84. The van der Waals surface area contributed by atoms with Crippen LogP contribution in [0.1, 0.15) is 25.7 Å². The van der Waals surface area contributed by atoms with Gasteiger partial charge in [-0.1, -0.05) is 6.07 Å². The van der Waals surface area contributed by atoms with Gasteiger partial charge in [0, 0.05) is 12.6 Å². The van der Waals surface area contributed by atoms with Crippen molar-refractivity contribution >= 4 is 11.9 Å². The highest BCUT2D eigenvalue weighted by molar-refractivity contribution is 5.83. The van der Waals surface area contributed by atoms with Crippen molar-refractivity contribution in [2.75, 3.05) is 13.2 Å². The summed E-state index contributed by atoms with van der Waals surface area (Å²) in [5, 5.41) is 9.12. The molecule has 2 rings (SSSR count). The van der Waals surface area contributed by atoms with Crippen LogP contribution >= 0.6 is 0 Å². The molecule has 114 valence electrons. The number of ether oxygens (including phenoxy) is 1. The lowest BCUT2D eigenvalue weighted by Gasteiger charge is -2.33. The number of piperidine rings is 1. The van der Waals surface area contributed by atoms with Crippen LogP contribution in [0.15, 0.2) is 24.3 Å². The minimum atomic E-state index is -0.964. The van der Waals surface area contributed by atoms with E-state index in [9.17, 15) is 14.0 Å². The van der Waals surface area contributed by atoms with E-state index in [1.165, 1.54) is 23.1 Å². The molecule has 0 bridgehead atoms. The largest absolute Gasteiger partial charge is 0.493 e. The first-order valence-corrected chi connectivity index (χ1v) is 6.98. The molecule has 1 saturated heterocycles. The number of likely N-dealkylation sites (tertiary alicyclic amines) is 1. The number of hydrogen-bond acceptors (Lipinski definition) is 3. The van der Waals surface area contributed by atoms with Crippen LogP contribution in [0.25, 0.3) is 0 Å². The van der Waals surface area contributed by atoms with Crippen LogP contribution in [-0.4, -0.2) is 41.1 Å². The van der Waals surface area contributed by atoms with E-state index in [1.54, 1.807) is 6.07 Å². The topological polar surface area (TPSA) is 66.8 Å². The monoisotopic (exact) mass is 295 g/mol. The summed E-state index contributed by atoms with van der Waals surface area (Å²) < 4.78 is 18.3. The molecular formula is C15H18FNO4. The third-order valence-electron chi connectivity index (χ3n) is 3.49. The smallest absolute Gasteiger partial charge is 0.326 e. The van der Waals surface area contributed by atoms with Crippen LogP contribution in [0, 0.1) is 5.82 Å². The van der Waals surface area contributed by atoms with E-state index in [0.717, 1.165) is 12.8 Å². The van der Waals surface area contributed by atoms with Gasteiger partial charge in [0.15, 0.2) is 0 Å². The fourth-order valence-corrected chi connectivity index (χ4v) is 2.44. The maximum Gasteiger partial charge on any atom is 0.326 e. The molecule has 1 aliphatic heterocycles. The molecule has 1 atom stereocenters. The van der Waals surface area contributed by atoms with Gasteiger partial charge in [-0.2, -0.15) is 0 Å². The van der Waals surface area contributed by atoms with Crippen molar-refractivity contribution in [3.63, 3.8) is 0 Å². The van der Waals surface area contributed by atoms with Gasteiger partial charge in [0.25, 0.3) is 0 Å². The summed E-state index contributed by atoms with van der Waals surface area (Å²) in [5.74, 6) is -1.25. The Morgan fingerprint density at radius 1 is 1.38 bits per heavy atom. The number of aliphatic carboxylic acids is 1. The SMILES string of the molecule is O=C(O)[C@@H]1CCCCN1C(=O)CCOc1cccc(F)c1. The van der Waals surface area contributed by atoms with Crippen LogP contribution in [0.5, 0.6) is 5.75 Å². The van der Waals surface area contributed by atoms with Crippen LogP contribution in [0.3, 0.4) is 0 Å². The first kappa shape index (κ1) is 15.3. The standard InChI is InChI=1S/C15H18FNO4/c16-11-4-3-5-12(10-11)21-9-7-14(18)17-8-2-1-6-13(17)15(19)20/h3-5,10,13H,1-2,6-9H2,(H,19,20)/t13-/m0/s1. The predicted octanol–water partition coefficient (Wildman–Crippen LogP) is 2.06. The molecular weight excluding hydrogens is 277 g/mol. The highest BCUT2D eigenvalue weighted by Crippen LogP contribution is 2.18. The Bertz CT molecular complexity index is 520. The Hall–Kier alpha value is -2.11. The van der Waals surface area contributed by atoms with E-state index in [2.05, 4.69) is 0 Å². The number of benzene rings is 1. The molecule has 0 unspecified atom stereocenters. The second-order valence-electron chi connectivity index (χ2n) is 4.99. The fraction of sp³-hybridized carbons (Fsp3) is 0.467. The Morgan fingerprint density at radius 2 is 2.19 bits per heavy atom. The molecule has 1 aromatic rings. The Morgan fingerprint density at radius 3 is 2.90 bits per heavy atom. The van der Waals surface area contributed by atoms with Gasteiger partial charge in [-0.15, -0.1) is 0 Å². The summed E-state index contributed by atoms with van der Waals surface area (Å²) in [4.78, 5) is 24.6. The van der Waals surface area contributed by atoms with Crippen molar-refractivity contribution in [1.82, 2.24) is 4.90 Å². The maximum atomic E-state index is 13.0. The molecule has 1 amide bonds. The third kappa shape index (κ3) is 4.18. The van der Waals surface area contributed by atoms with E-state index < -0.39 is 17.8 Å². The van der Waals surface area contributed by atoms with Crippen molar-refractivity contribution in [1.29, 1.82) is 0 Å². The van der Waals surface area contributed by atoms with E-state index in [0.29, 0.717) is 18.7 Å². The van der Waals surface area contributed by atoms with Crippen molar-refractivity contribution in [2.24, 2.45) is 0 Å². The van der Waals surface area contributed by atoms with Crippen LogP contribution in [0.2, 0.25) is 0 Å². The number of carbonyl (C=O) groups is 2. The maximum absolute atomic E-state index is 13.0. The van der Waals surface area contributed by atoms with E-state index in [-0.39, 0.29) is 18.9 Å². The zero-order valence-electron chi connectivity index (χ0n) is 11.6. The molecule has 1 aromatic carbocycles. The van der Waals surface area contributed by atoms with Gasteiger partial charge in [-0.25, -0.2) is 9.18 Å². The number of halogens is 1. The first-order chi connectivity index (χ1) is 10.1. The molecule has 0 saturated carbocycles. The van der Waals surface area contributed by atoms with E-state index >= 15 is 0 Å². The Kier molecular flexibility index (Phi) is 5.14. The first-order valence-electron chi connectivity index (χ1n) is 6.98. The normalized spacial score (nSPS) is 18.3. The molecule has 1 fully saturated rings. The highest BCUT2D eigenvalue weighted by Gasteiger charge is 2.31. The lowest BCUT2D eigenvalue weighted by molar-refractivity contribution is -0.152. The molecule has 0 aliphatic carbocycles. The average Bonchev–Trinajstić information content (AvgIpc) is 2.47. The Labute approximate surface area is 122 Å². The molecule has 0 spiro atoms.